The number of pyridine rings is 1. The molecule has 0 bridgehead atoms. The van der Waals surface area contributed by atoms with Gasteiger partial charge in [0.1, 0.15) is 10.7 Å². The molecule has 2 heterocycles. The van der Waals surface area contributed by atoms with Gasteiger partial charge in [0, 0.05) is 32.1 Å². The van der Waals surface area contributed by atoms with Crippen LogP contribution in [0.1, 0.15) is 33.1 Å². The lowest BCUT2D eigenvalue weighted by Gasteiger charge is -2.33. The lowest BCUT2D eigenvalue weighted by atomic mass is 10.1. The van der Waals surface area contributed by atoms with Crippen molar-refractivity contribution in [2.24, 2.45) is 5.92 Å². The molecule has 22 heavy (non-hydrogen) atoms. The van der Waals surface area contributed by atoms with Crippen molar-refractivity contribution in [3.8, 4) is 0 Å². The monoisotopic (exact) mass is 326 g/mol. The van der Waals surface area contributed by atoms with E-state index < -0.39 is 9.84 Å². The zero-order valence-corrected chi connectivity index (χ0v) is 14.5. The van der Waals surface area contributed by atoms with E-state index in [0.717, 1.165) is 39.0 Å². The number of rotatable bonds is 6. The number of nitrogens with zero attached hydrogens (tertiary/aromatic N) is 2. The van der Waals surface area contributed by atoms with Crippen LogP contribution in [0.3, 0.4) is 0 Å². The van der Waals surface area contributed by atoms with E-state index in [0.29, 0.717) is 16.6 Å². The smallest absolute Gasteiger partial charge is 0.179 e. The average Bonchev–Trinajstić information content (AvgIpc) is 2.47. The molecular formula is C16H26N2O3S. The van der Waals surface area contributed by atoms with Gasteiger partial charge in [-0.2, -0.15) is 0 Å². The molecule has 1 aliphatic rings. The van der Waals surface area contributed by atoms with Crippen LogP contribution in [0.5, 0.6) is 0 Å². The molecule has 124 valence electrons. The zero-order valence-electron chi connectivity index (χ0n) is 13.7. The van der Waals surface area contributed by atoms with Crippen LogP contribution in [0, 0.1) is 5.92 Å². The second-order valence-corrected chi connectivity index (χ2v) is 8.32. The topological polar surface area (TPSA) is 59.5 Å². The fourth-order valence-corrected chi connectivity index (χ4v) is 3.45. The van der Waals surface area contributed by atoms with Gasteiger partial charge in [-0.15, -0.1) is 0 Å². The highest BCUT2D eigenvalue weighted by Gasteiger charge is 2.24. The van der Waals surface area contributed by atoms with Gasteiger partial charge in [0.15, 0.2) is 9.84 Å². The SMILES string of the molecule is CC(C)CCOC1CCN(c2ncccc2S(C)(=O)=O)CC1. The molecule has 1 aliphatic heterocycles. The summed E-state index contributed by atoms with van der Waals surface area (Å²) < 4.78 is 29.7. The molecule has 1 fully saturated rings. The molecular weight excluding hydrogens is 300 g/mol. The Hall–Kier alpha value is -1.14. The first kappa shape index (κ1) is 17.2. The quantitative estimate of drug-likeness (QED) is 0.804. The standard InChI is InChI=1S/C16H26N2O3S/c1-13(2)8-12-21-14-6-10-18(11-7-14)16-15(22(3,19)20)5-4-9-17-16/h4-5,9,13-14H,6-8,10-12H2,1-3H3. The maximum atomic E-state index is 11.9. The Labute approximate surface area is 133 Å². The molecule has 0 spiro atoms. The third kappa shape index (κ3) is 4.68. The fraction of sp³-hybridized carbons (Fsp3) is 0.688. The second-order valence-electron chi connectivity index (χ2n) is 6.34. The van der Waals surface area contributed by atoms with Crippen LogP contribution in [-0.2, 0) is 14.6 Å². The normalized spacial score (nSPS) is 17.2. The predicted molar refractivity (Wildman–Crippen MR) is 88.0 cm³/mol. The van der Waals surface area contributed by atoms with Gasteiger partial charge in [-0.3, -0.25) is 0 Å². The molecule has 0 aromatic carbocycles. The summed E-state index contributed by atoms with van der Waals surface area (Å²) in [4.78, 5) is 6.65. The summed E-state index contributed by atoms with van der Waals surface area (Å²) in [6.07, 6.45) is 6.07. The molecule has 0 atom stereocenters. The van der Waals surface area contributed by atoms with Gasteiger partial charge in [0.2, 0.25) is 0 Å². The van der Waals surface area contributed by atoms with E-state index in [1.807, 2.05) is 0 Å². The number of anilines is 1. The molecule has 0 unspecified atom stereocenters. The highest BCUT2D eigenvalue weighted by Crippen LogP contribution is 2.26. The molecule has 2 rings (SSSR count). The van der Waals surface area contributed by atoms with Crippen molar-refractivity contribution in [3.63, 3.8) is 0 Å². The Morgan fingerprint density at radius 2 is 2.05 bits per heavy atom. The van der Waals surface area contributed by atoms with Gasteiger partial charge in [0.25, 0.3) is 0 Å². The minimum atomic E-state index is -3.26. The van der Waals surface area contributed by atoms with Crippen LogP contribution in [-0.4, -0.2) is 45.5 Å². The molecule has 1 saturated heterocycles. The maximum Gasteiger partial charge on any atom is 0.179 e. The number of aromatic nitrogens is 1. The fourth-order valence-electron chi connectivity index (χ4n) is 2.61. The number of sulfone groups is 1. The Kier molecular flexibility index (Phi) is 5.81. The van der Waals surface area contributed by atoms with Crippen molar-refractivity contribution < 1.29 is 13.2 Å². The summed E-state index contributed by atoms with van der Waals surface area (Å²) >= 11 is 0. The molecule has 0 saturated carbocycles. The Morgan fingerprint density at radius 3 is 2.64 bits per heavy atom. The van der Waals surface area contributed by atoms with Gasteiger partial charge >= 0.3 is 0 Å². The zero-order chi connectivity index (χ0) is 16.2. The summed E-state index contributed by atoms with van der Waals surface area (Å²) in [5.41, 5.74) is 0. The Morgan fingerprint density at radius 1 is 1.36 bits per heavy atom. The number of ether oxygens (including phenoxy) is 1. The van der Waals surface area contributed by atoms with E-state index in [2.05, 4.69) is 23.7 Å². The van der Waals surface area contributed by atoms with Crippen LogP contribution in [0.2, 0.25) is 0 Å². The summed E-state index contributed by atoms with van der Waals surface area (Å²) in [5, 5.41) is 0. The van der Waals surface area contributed by atoms with Crippen molar-refractivity contribution in [1.29, 1.82) is 0 Å². The van der Waals surface area contributed by atoms with Crippen molar-refractivity contribution >= 4 is 15.7 Å². The largest absolute Gasteiger partial charge is 0.378 e. The molecule has 0 aliphatic carbocycles. The van der Waals surface area contributed by atoms with Crippen LogP contribution >= 0.6 is 0 Å². The molecule has 1 aromatic heterocycles. The van der Waals surface area contributed by atoms with Gasteiger partial charge in [-0.25, -0.2) is 13.4 Å². The summed E-state index contributed by atoms with van der Waals surface area (Å²) in [6.45, 7) is 6.76. The van der Waals surface area contributed by atoms with Crippen molar-refractivity contribution in [2.45, 2.75) is 44.1 Å². The molecule has 5 nitrogen and oxygen atoms in total. The van der Waals surface area contributed by atoms with Crippen LogP contribution in [0.25, 0.3) is 0 Å². The van der Waals surface area contributed by atoms with Crippen LogP contribution in [0.4, 0.5) is 5.82 Å². The Balaban J connectivity index is 1.95. The van der Waals surface area contributed by atoms with E-state index in [9.17, 15) is 8.42 Å². The summed E-state index contributed by atoms with van der Waals surface area (Å²) in [7, 11) is -3.26. The molecule has 0 amide bonds. The van der Waals surface area contributed by atoms with E-state index >= 15 is 0 Å². The third-order valence-corrected chi connectivity index (χ3v) is 5.06. The van der Waals surface area contributed by atoms with E-state index in [1.165, 1.54) is 6.26 Å². The van der Waals surface area contributed by atoms with Gasteiger partial charge in [-0.05, 0) is 37.3 Å². The van der Waals surface area contributed by atoms with Crippen LogP contribution < -0.4 is 4.90 Å². The molecule has 6 heteroatoms. The summed E-state index contributed by atoms with van der Waals surface area (Å²) in [5.74, 6) is 1.23. The highest BCUT2D eigenvalue weighted by molar-refractivity contribution is 7.90. The minimum absolute atomic E-state index is 0.278. The predicted octanol–water partition coefficient (Wildman–Crippen LogP) is 2.52. The second kappa shape index (κ2) is 7.42. The highest BCUT2D eigenvalue weighted by atomic mass is 32.2. The van der Waals surface area contributed by atoms with E-state index in [1.54, 1.807) is 18.3 Å². The Bertz CT molecular complexity index is 579. The van der Waals surface area contributed by atoms with Gasteiger partial charge < -0.3 is 9.64 Å². The third-order valence-electron chi connectivity index (χ3n) is 3.94. The molecule has 0 radical (unpaired) electrons. The van der Waals surface area contributed by atoms with E-state index in [-0.39, 0.29) is 6.10 Å². The first-order valence-electron chi connectivity index (χ1n) is 7.89. The molecule has 1 aromatic rings. The lowest BCUT2D eigenvalue weighted by molar-refractivity contribution is 0.0310. The number of piperidine rings is 1. The van der Waals surface area contributed by atoms with Crippen LogP contribution in [0.15, 0.2) is 23.2 Å². The average molecular weight is 326 g/mol. The van der Waals surface area contributed by atoms with E-state index in [4.69, 9.17) is 4.74 Å². The van der Waals surface area contributed by atoms with Gasteiger partial charge in [0.05, 0.1) is 6.10 Å². The lowest BCUT2D eigenvalue weighted by Crippen LogP contribution is -2.38. The number of hydrogen-bond donors (Lipinski definition) is 0. The number of hydrogen-bond acceptors (Lipinski definition) is 5. The van der Waals surface area contributed by atoms with Crippen molar-refractivity contribution in [2.75, 3.05) is 30.9 Å². The van der Waals surface area contributed by atoms with Crippen molar-refractivity contribution in [1.82, 2.24) is 4.98 Å². The first-order chi connectivity index (χ1) is 10.4. The first-order valence-corrected chi connectivity index (χ1v) is 9.78. The summed E-state index contributed by atoms with van der Waals surface area (Å²) in [6, 6.07) is 3.30. The maximum absolute atomic E-state index is 11.9. The van der Waals surface area contributed by atoms with Crippen molar-refractivity contribution in [3.05, 3.63) is 18.3 Å². The van der Waals surface area contributed by atoms with Gasteiger partial charge in [-0.1, -0.05) is 13.8 Å². The minimum Gasteiger partial charge on any atom is -0.378 e. The molecule has 0 N–H and O–H groups in total.